The summed E-state index contributed by atoms with van der Waals surface area (Å²) in [5, 5.41) is 10.1. The second-order valence-corrected chi connectivity index (χ2v) is 6.06. The molecule has 0 spiro atoms. The van der Waals surface area contributed by atoms with Crippen LogP contribution in [0.3, 0.4) is 0 Å². The Bertz CT molecular complexity index is 310. The average molecular weight is 275 g/mol. The van der Waals surface area contributed by atoms with E-state index < -0.39 is 6.10 Å². The largest absolute Gasteiger partial charge is 0.389 e. The van der Waals surface area contributed by atoms with E-state index in [0.29, 0.717) is 5.25 Å². The van der Waals surface area contributed by atoms with Crippen molar-refractivity contribution in [2.45, 2.75) is 37.0 Å². The van der Waals surface area contributed by atoms with E-state index in [0.717, 1.165) is 10.0 Å². The van der Waals surface area contributed by atoms with Gasteiger partial charge in [0, 0.05) is 14.6 Å². The molecule has 0 saturated heterocycles. The Morgan fingerprint density at radius 3 is 2.43 bits per heavy atom. The van der Waals surface area contributed by atoms with Gasteiger partial charge in [0.2, 0.25) is 0 Å². The summed E-state index contributed by atoms with van der Waals surface area (Å²) in [5.74, 6) is 0. The van der Waals surface area contributed by atoms with E-state index >= 15 is 0 Å². The quantitative estimate of drug-likeness (QED) is 0.841. The van der Waals surface area contributed by atoms with Crippen LogP contribution >= 0.6 is 27.7 Å². The van der Waals surface area contributed by atoms with E-state index in [1.165, 1.54) is 4.90 Å². The van der Waals surface area contributed by atoms with Gasteiger partial charge in [0.1, 0.15) is 0 Å². The van der Waals surface area contributed by atoms with Crippen LogP contribution in [-0.2, 0) is 0 Å². The number of aliphatic hydroxyl groups excluding tert-OH is 1. The molecule has 14 heavy (non-hydrogen) atoms. The molecule has 0 bridgehead atoms. The molecule has 0 heterocycles. The van der Waals surface area contributed by atoms with Crippen molar-refractivity contribution in [3.8, 4) is 0 Å². The Balaban J connectivity index is 3.02. The number of thioether (sulfide) groups is 1. The summed E-state index contributed by atoms with van der Waals surface area (Å²) in [7, 11) is 0. The Kier molecular flexibility index (Phi) is 4.48. The molecule has 1 nitrogen and oxygen atoms in total. The van der Waals surface area contributed by atoms with E-state index in [9.17, 15) is 5.11 Å². The van der Waals surface area contributed by atoms with Gasteiger partial charge in [0.05, 0.1) is 6.10 Å². The highest BCUT2D eigenvalue weighted by Crippen LogP contribution is 2.32. The second kappa shape index (κ2) is 5.19. The molecule has 1 atom stereocenters. The van der Waals surface area contributed by atoms with Crippen LogP contribution in [-0.4, -0.2) is 10.4 Å². The zero-order chi connectivity index (χ0) is 10.7. The number of aliphatic hydroxyl groups is 1. The summed E-state index contributed by atoms with van der Waals surface area (Å²) in [4.78, 5) is 1.17. The summed E-state index contributed by atoms with van der Waals surface area (Å²) >= 11 is 5.19. The Morgan fingerprint density at radius 2 is 1.93 bits per heavy atom. The zero-order valence-electron chi connectivity index (χ0n) is 8.62. The summed E-state index contributed by atoms with van der Waals surface area (Å²) in [6.07, 6.45) is -0.409. The Morgan fingerprint density at radius 1 is 1.29 bits per heavy atom. The van der Waals surface area contributed by atoms with Crippen LogP contribution in [0.2, 0.25) is 0 Å². The highest BCUT2D eigenvalue weighted by Gasteiger charge is 2.10. The standard InChI is InChI=1S/C11H15BrOS/c1-7(2)14-11-5-4-9(12)6-10(11)8(3)13/h4-8,13H,1-3H3. The molecule has 1 unspecified atom stereocenters. The molecule has 0 aromatic heterocycles. The summed E-state index contributed by atoms with van der Waals surface area (Å²) in [5.41, 5.74) is 0.998. The fourth-order valence-corrected chi connectivity index (χ4v) is 2.61. The third-order valence-corrected chi connectivity index (χ3v) is 3.37. The van der Waals surface area contributed by atoms with Gasteiger partial charge < -0.3 is 5.11 Å². The Labute approximate surface area is 98.0 Å². The molecule has 0 aliphatic rings. The van der Waals surface area contributed by atoms with Crippen LogP contribution in [0.25, 0.3) is 0 Å². The Hall–Kier alpha value is 0.01000. The normalized spacial score (nSPS) is 13.3. The average Bonchev–Trinajstić information content (AvgIpc) is 2.07. The van der Waals surface area contributed by atoms with Crippen molar-refractivity contribution in [2.75, 3.05) is 0 Å². The van der Waals surface area contributed by atoms with E-state index in [4.69, 9.17) is 0 Å². The first-order chi connectivity index (χ1) is 6.50. The zero-order valence-corrected chi connectivity index (χ0v) is 11.0. The van der Waals surface area contributed by atoms with Crippen molar-refractivity contribution in [3.05, 3.63) is 28.2 Å². The van der Waals surface area contributed by atoms with Gasteiger partial charge in [-0.2, -0.15) is 0 Å². The number of hydrogen-bond acceptors (Lipinski definition) is 2. The van der Waals surface area contributed by atoms with Gasteiger partial charge >= 0.3 is 0 Å². The highest BCUT2D eigenvalue weighted by atomic mass is 79.9. The molecule has 1 aromatic carbocycles. The number of rotatable bonds is 3. The molecule has 3 heteroatoms. The maximum Gasteiger partial charge on any atom is 0.0773 e. The molecule has 0 radical (unpaired) electrons. The minimum atomic E-state index is -0.409. The molecule has 0 aliphatic heterocycles. The van der Waals surface area contributed by atoms with Gasteiger partial charge in [-0.1, -0.05) is 29.8 Å². The molecule has 0 amide bonds. The van der Waals surface area contributed by atoms with Crippen LogP contribution in [0, 0.1) is 0 Å². The van der Waals surface area contributed by atoms with Gasteiger partial charge in [-0.3, -0.25) is 0 Å². The molecule has 0 saturated carbocycles. The van der Waals surface area contributed by atoms with Crippen LogP contribution in [0.5, 0.6) is 0 Å². The van der Waals surface area contributed by atoms with Gasteiger partial charge in [0.25, 0.3) is 0 Å². The number of benzene rings is 1. The topological polar surface area (TPSA) is 20.2 Å². The molecular formula is C11H15BrOS. The third kappa shape index (κ3) is 3.30. The second-order valence-electron chi connectivity index (χ2n) is 3.52. The summed E-state index contributed by atoms with van der Waals surface area (Å²) < 4.78 is 1.02. The SMILES string of the molecule is CC(C)Sc1ccc(Br)cc1C(C)O. The lowest BCUT2D eigenvalue weighted by molar-refractivity contribution is 0.196. The molecule has 0 aliphatic carbocycles. The van der Waals surface area contributed by atoms with Crippen LogP contribution < -0.4 is 0 Å². The van der Waals surface area contributed by atoms with E-state index in [1.807, 2.05) is 12.1 Å². The fraction of sp³-hybridized carbons (Fsp3) is 0.455. The minimum absolute atomic E-state index is 0.409. The molecule has 0 fully saturated rings. The molecular weight excluding hydrogens is 260 g/mol. The first-order valence-corrected chi connectivity index (χ1v) is 6.32. The predicted molar refractivity (Wildman–Crippen MR) is 65.8 cm³/mol. The highest BCUT2D eigenvalue weighted by molar-refractivity contribution is 9.10. The van der Waals surface area contributed by atoms with Crippen molar-refractivity contribution in [2.24, 2.45) is 0 Å². The van der Waals surface area contributed by atoms with Crippen molar-refractivity contribution in [1.29, 1.82) is 0 Å². The van der Waals surface area contributed by atoms with Crippen LogP contribution in [0.15, 0.2) is 27.6 Å². The maximum atomic E-state index is 9.61. The third-order valence-electron chi connectivity index (χ3n) is 1.78. The van der Waals surface area contributed by atoms with Crippen molar-refractivity contribution >= 4 is 27.7 Å². The lowest BCUT2D eigenvalue weighted by atomic mass is 10.1. The number of hydrogen-bond donors (Lipinski definition) is 1. The predicted octanol–water partition coefficient (Wildman–Crippen LogP) is 4.00. The lowest BCUT2D eigenvalue weighted by Gasteiger charge is -2.13. The van der Waals surface area contributed by atoms with Gasteiger partial charge in [-0.15, -0.1) is 11.8 Å². The smallest absolute Gasteiger partial charge is 0.0773 e. The van der Waals surface area contributed by atoms with E-state index in [2.05, 4.69) is 35.8 Å². The fourth-order valence-electron chi connectivity index (χ4n) is 1.21. The van der Waals surface area contributed by atoms with Gasteiger partial charge in [-0.25, -0.2) is 0 Å². The first-order valence-electron chi connectivity index (χ1n) is 4.65. The molecule has 1 N–H and O–H groups in total. The van der Waals surface area contributed by atoms with E-state index in [-0.39, 0.29) is 0 Å². The monoisotopic (exact) mass is 274 g/mol. The number of halogens is 1. The molecule has 1 rings (SSSR count). The van der Waals surface area contributed by atoms with Gasteiger partial charge in [-0.05, 0) is 30.7 Å². The molecule has 78 valence electrons. The summed E-state index contributed by atoms with van der Waals surface area (Å²) in [6, 6.07) is 6.04. The van der Waals surface area contributed by atoms with Gasteiger partial charge in [0.15, 0.2) is 0 Å². The lowest BCUT2D eigenvalue weighted by Crippen LogP contribution is -1.96. The first kappa shape index (κ1) is 12.1. The van der Waals surface area contributed by atoms with Crippen LogP contribution in [0.4, 0.5) is 0 Å². The van der Waals surface area contributed by atoms with Crippen molar-refractivity contribution in [3.63, 3.8) is 0 Å². The summed E-state index contributed by atoms with van der Waals surface area (Å²) in [6.45, 7) is 6.10. The van der Waals surface area contributed by atoms with Crippen molar-refractivity contribution in [1.82, 2.24) is 0 Å². The maximum absolute atomic E-state index is 9.61. The van der Waals surface area contributed by atoms with E-state index in [1.54, 1.807) is 18.7 Å². The minimum Gasteiger partial charge on any atom is -0.389 e. The molecule has 1 aromatic rings. The van der Waals surface area contributed by atoms with Crippen LogP contribution in [0.1, 0.15) is 32.4 Å². The van der Waals surface area contributed by atoms with Crippen molar-refractivity contribution < 1.29 is 5.11 Å².